The van der Waals surface area contributed by atoms with Gasteiger partial charge in [0, 0.05) is 0 Å². The molecule has 0 atom stereocenters. The van der Waals surface area contributed by atoms with Gasteiger partial charge in [-0.2, -0.15) is 4.98 Å². The van der Waals surface area contributed by atoms with Crippen molar-refractivity contribution < 1.29 is 0 Å². The lowest BCUT2D eigenvalue weighted by Crippen LogP contribution is -1.68. The van der Waals surface area contributed by atoms with Gasteiger partial charge in [0.05, 0.1) is 0 Å². The lowest BCUT2D eigenvalue weighted by molar-refractivity contribution is 0.974. The predicted molar refractivity (Wildman–Crippen MR) is 35.9 cm³/mol. The third-order valence-electron chi connectivity index (χ3n) is 0.620. The van der Waals surface area contributed by atoms with Gasteiger partial charge in [0.2, 0.25) is 5.16 Å². The molecule has 1 N–H and O–H groups in total. The van der Waals surface area contributed by atoms with Gasteiger partial charge in [-0.1, -0.05) is 11.8 Å². The van der Waals surface area contributed by atoms with E-state index in [0.717, 1.165) is 5.16 Å². The summed E-state index contributed by atoms with van der Waals surface area (Å²) in [4.78, 5) is 3.94. The first kappa shape index (κ1) is 6.10. The summed E-state index contributed by atoms with van der Waals surface area (Å²) in [5.41, 5.74) is 0. The Morgan fingerprint density at radius 1 is 1.75 bits per heavy atom. The van der Waals surface area contributed by atoms with Gasteiger partial charge >= 0.3 is 0 Å². The number of hydrogen-bond acceptors (Lipinski definition) is 3. The van der Waals surface area contributed by atoms with Crippen molar-refractivity contribution in [1.29, 1.82) is 0 Å². The van der Waals surface area contributed by atoms with Crippen LogP contribution in [0.4, 0.5) is 0 Å². The molecule has 3 nitrogen and oxygen atoms in total. The summed E-state index contributed by atoms with van der Waals surface area (Å²) in [5, 5.41) is 7.23. The van der Waals surface area contributed by atoms with Gasteiger partial charge in [-0.25, -0.2) is 0 Å². The van der Waals surface area contributed by atoms with Crippen LogP contribution in [0.2, 0.25) is 0 Å². The number of halogens is 1. The minimum atomic E-state index is 0.682. The van der Waals surface area contributed by atoms with Crippen LogP contribution in [0.5, 0.6) is 0 Å². The first-order chi connectivity index (χ1) is 3.83. The second-order valence-electron chi connectivity index (χ2n) is 1.11. The van der Waals surface area contributed by atoms with E-state index in [1.165, 1.54) is 11.8 Å². The molecule has 0 bridgehead atoms. The molecule has 1 aromatic rings. The second-order valence-corrected chi connectivity index (χ2v) is 2.64. The van der Waals surface area contributed by atoms with Crippen LogP contribution in [0.15, 0.2) is 9.89 Å². The lowest BCUT2D eigenvalue weighted by atomic mass is 11.3. The Balaban J connectivity index is 2.84. The van der Waals surface area contributed by atoms with Crippen molar-refractivity contribution in [2.45, 2.75) is 5.16 Å². The average molecular weight is 194 g/mol. The molecule has 0 aromatic carbocycles. The predicted octanol–water partition coefficient (Wildman–Crippen LogP) is 1.29. The Kier molecular flexibility index (Phi) is 1.90. The van der Waals surface area contributed by atoms with Crippen molar-refractivity contribution in [3.63, 3.8) is 0 Å². The fourth-order valence-corrected chi connectivity index (χ4v) is 1.01. The van der Waals surface area contributed by atoms with Crippen molar-refractivity contribution in [2.75, 3.05) is 6.26 Å². The third-order valence-corrected chi connectivity index (χ3v) is 1.52. The second kappa shape index (κ2) is 2.50. The molecule has 0 saturated heterocycles. The summed E-state index contributed by atoms with van der Waals surface area (Å²) in [6.07, 6.45) is 1.93. The number of aromatic nitrogens is 3. The van der Waals surface area contributed by atoms with Crippen LogP contribution in [0.25, 0.3) is 0 Å². The normalized spacial score (nSPS) is 9.75. The Bertz CT molecular complexity index is 175. The number of rotatable bonds is 1. The molecular formula is C3H4BrN3S. The maximum absolute atomic E-state index is 3.94. The zero-order valence-corrected chi connectivity index (χ0v) is 6.58. The lowest BCUT2D eigenvalue weighted by Gasteiger charge is -1.75. The van der Waals surface area contributed by atoms with Crippen LogP contribution >= 0.6 is 27.7 Å². The molecule has 44 valence electrons. The van der Waals surface area contributed by atoms with Crippen LogP contribution in [0, 0.1) is 0 Å². The van der Waals surface area contributed by atoms with E-state index in [9.17, 15) is 0 Å². The fourth-order valence-electron chi connectivity index (χ4n) is 0.319. The van der Waals surface area contributed by atoms with E-state index in [4.69, 9.17) is 0 Å². The Morgan fingerprint density at radius 2 is 2.50 bits per heavy atom. The number of hydrogen-bond donors (Lipinski definition) is 1. The molecule has 1 rings (SSSR count). The zero-order chi connectivity index (χ0) is 5.98. The summed E-state index contributed by atoms with van der Waals surface area (Å²) < 4.78 is 0.682. The van der Waals surface area contributed by atoms with Crippen LogP contribution in [0.3, 0.4) is 0 Å². The third kappa shape index (κ3) is 1.23. The molecule has 0 saturated carbocycles. The summed E-state index contributed by atoms with van der Waals surface area (Å²) in [6.45, 7) is 0. The minimum absolute atomic E-state index is 0.682. The maximum Gasteiger partial charge on any atom is 0.208 e. The highest BCUT2D eigenvalue weighted by Crippen LogP contribution is 2.09. The molecule has 1 aromatic heterocycles. The highest BCUT2D eigenvalue weighted by molar-refractivity contribution is 9.10. The molecule has 0 spiro atoms. The van der Waals surface area contributed by atoms with E-state index in [1.807, 2.05) is 6.26 Å². The van der Waals surface area contributed by atoms with E-state index in [0.29, 0.717) is 4.73 Å². The average Bonchev–Trinajstić information content (AvgIpc) is 2.14. The van der Waals surface area contributed by atoms with Crippen molar-refractivity contribution in [3.8, 4) is 0 Å². The van der Waals surface area contributed by atoms with Crippen molar-refractivity contribution >= 4 is 27.7 Å². The Morgan fingerprint density at radius 3 is 2.75 bits per heavy atom. The summed E-state index contributed by atoms with van der Waals surface area (Å²) >= 11 is 4.64. The maximum atomic E-state index is 3.94. The van der Waals surface area contributed by atoms with Gasteiger partial charge in [0.25, 0.3) is 0 Å². The zero-order valence-electron chi connectivity index (χ0n) is 4.18. The molecular weight excluding hydrogens is 190 g/mol. The highest BCUT2D eigenvalue weighted by Gasteiger charge is 1.94. The molecule has 8 heavy (non-hydrogen) atoms. The smallest absolute Gasteiger partial charge is 0.208 e. The van der Waals surface area contributed by atoms with E-state index in [2.05, 4.69) is 31.1 Å². The van der Waals surface area contributed by atoms with E-state index < -0.39 is 0 Å². The standard InChI is InChI=1S/C3H4BrN3S/c1-8-3-5-2(4)6-7-3/h1H3,(H,5,6,7). The van der Waals surface area contributed by atoms with Crippen LogP contribution < -0.4 is 0 Å². The van der Waals surface area contributed by atoms with Gasteiger partial charge in [-0.3, -0.25) is 5.10 Å². The van der Waals surface area contributed by atoms with Gasteiger partial charge in [0.1, 0.15) is 0 Å². The Hall–Kier alpha value is -0.0300. The topological polar surface area (TPSA) is 41.6 Å². The fraction of sp³-hybridized carbons (Fsp3) is 0.333. The molecule has 0 aliphatic carbocycles. The molecule has 0 amide bonds. The van der Waals surface area contributed by atoms with Crippen molar-refractivity contribution in [1.82, 2.24) is 15.2 Å². The summed E-state index contributed by atoms with van der Waals surface area (Å²) in [5.74, 6) is 0. The van der Waals surface area contributed by atoms with Crippen molar-refractivity contribution in [3.05, 3.63) is 4.73 Å². The Labute approximate surface area is 59.4 Å². The largest absolute Gasteiger partial charge is 0.253 e. The van der Waals surface area contributed by atoms with Crippen molar-refractivity contribution in [2.24, 2.45) is 0 Å². The van der Waals surface area contributed by atoms with Gasteiger partial charge in [-0.15, -0.1) is 5.10 Å². The van der Waals surface area contributed by atoms with Crippen LogP contribution in [-0.2, 0) is 0 Å². The number of aromatic amines is 1. The molecule has 0 aliphatic rings. The molecule has 0 unspecified atom stereocenters. The van der Waals surface area contributed by atoms with E-state index in [-0.39, 0.29) is 0 Å². The summed E-state index contributed by atoms with van der Waals surface area (Å²) in [7, 11) is 0. The van der Waals surface area contributed by atoms with Crippen LogP contribution in [-0.4, -0.2) is 21.4 Å². The number of H-pyrrole nitrogens is 1. The first-order valence-electron chi connectivity index (χ1n) is 1.95. The first-order valence-corrected chi connectivity index (χ1v) is 3.96. The summed E-state index contributed by atoms with van der Waals surface area (Å²) in [6, 6.07) is 0. The molecule has 0 aliphatic heterocycles. The van der Waals surface area contributed by atoms with E-state index in [1.54, 1.807) is 0 Å². The van der Waals surface area contributed by atoms with Gasteiger partial charge < -0.3 is 0 Å². The number of nitrogens with zero attached hydrogens (tertiary/aromatic N) is 2. The number of nitrogens with one attached hydrogen (secondary N) is 1. The monoisotopic (exact) mass is 193 g/mol. The SMILES string of the molecule is CSc1n[nH]c(Br)n1. The highest BCUT2D eigenvalue weighted by atomic mass is 79.9. The molecule has 5 heteroatoms. The minimum Gasteiger partial charge on any atom is -0.253 e. The van der Waals surface area contributed by atoms with E-state index >= 15 is 0 Å². The molecule has 0 fully saturated rings. The van der Waals surface area contributed by atoms with Gasteiger partial charge in [0.15, 0.2) is 4.73 Å². The van der Waals surface area contributed by atoms with Gasteiger partial charge in [-0.05, 0) is 22.2 Å². The molecule has 1 heterocycles. The quantitative estimate of drug-likeness (QED) is 0.685. The number of thioether (sulfide) groups is 1. The van der Waals surface area contributed by atoms with Crippen LogP contribution in [0.1, 0.15) is 0 Å². The molecule has 0 radical (unpaired) electrons.